The molecule has 0 saturated carbocycles. The van der Waals surface area contributed by atoms with Crippen LogP contribution in [-0.2, 0) is 11.3 Å². The maximum absolute atomic E-state index is 12.4. The van der Waals surface area contributed by atoms with Crippen LogP contribution in [0, 0.1) is 6.92 Å². The van der Waals surface area contributed by atoms with Gasteiger partial charge in [0.05, 0.1) is 6.54 Å². The molecule has 1 N–H and O–H groups in total. The van der Waals surface area contributed by atoms with Crippen LogP contribution in [0.3, 0.4) is 0 Å². The number of hydrogen-bond donors (Lipinski definition) is 1. The van der Waals surface area contributed by atoms with Crippen molar-refractivity contribution in [2.24, 2.45) is 0 Å². The second kappa shape index (κ2) is 4.56. The fourth-order valence-corrected chi connectivity index (χ4v) is 3.85. The van der Waals surface area contributed by atoms with Gasteiger partial charge in [-0.25, -0.2) is 4.79 Å². The molecule has 19 heavy (non-hydrogen) atoms. The molecule has 4 nitrogen and oxygen atoms in total. The van der Waals surface area contributed by atoms with Crippen LogP contribution in [0.5, 0.6) is 0 Å². The van der Waals surface area contributed by atoms with Gasteiger partial charge in [0.15, 0.2) is 0 Å². The van der Waals surface area contributed by atoms with Gasteiger partial charge in [0.2, 0.25) is 0 Å². The minimum absolute atomic E-state index is 0.0666. The molecule has 1 unspecified atom stereocenters. The number of nitrogens with zero attached hydrogens (tertiary/aromatic N) is 1. The summed E-state index contributed by atoms with van der Waals surface area (Å²) < 4.78 is 0. The molecule has 2 heterocycles. The highest BCUT2D eigenvalue weighted by atomic mass is 32.2. The summed E-state index contributed by atoms with van der Waals surface area (Å²) in [4.78, 5) is 25.8. The first-order chi connectivity index (χ1) is 9.11. The number of carbonyl (C=O) groups is 2. The predicted molar refractivity (Wildman–Crippen MR) is 74.9 cm³/mol. The number of rotatable bonds is 2. The van der Waals surface area contributed by atoms with Crippen molar-refractivity contribution in [1.29, 1.82) is 0 Å². The SMILES string of the molecule is Cc1ccc(CN2C(=O)NC3(CCSC3)C2=O)cc1. The summed E-state index contributed by atoms with van der Waals surface area (Å²) in [5, 5.41) is 2.88. The molecule has 1 aromatic rings. The number of hydrogen-bond acceptors (Lipinski definition) is 3. The van der Waals surface area contributed by atoms with E-state index >= 15 is 0 Å². The zero-order chi connectivity index (χ0) is 13.5. The molecule has 1 atom stereocenters. The number of imide groups is 1. The highest BCUT2D eigenvalue weighted by molar-refractivity contribution is 7.99. The molecule has 3 amide bonds. The van der Waals surface area contributed by atoms with Crippen molar-refractivity contribution in [1.82, 2.24) is 10.2 Å². The van der Waals surface area contributed by atoms with Crippen molar-refractivity contribution in [2.75, 3.05) is 11.5 Å². The molecule has 1 spiro atoms. The first kappa shape index (κ1) is 12.5. The molecule has 3 rings (SSSR count). The lowest BCUT2D eigenvalue weighted by atomic mass is 9.99. The number of benzene rings is 1. The molecule has 1 aromatic carbocycles. The number of thioether (sulfide) groups is 1. The Kier molecular flexibility index (Phi) is 3.01. The summed E-state index contributed by atoms with van der Waals surface area (Å²) in [6.07, 6.45) is 0.743. The zero-order valence-electron chi connectivity index (χ0n) is 10.8. The minimum Gasteiger partial charge on any atom is -0.322 e. The smallest absolute Gasteiger partial charge is 0.322 e. The van der Waals surface area contributed by atoms with Gasteiger partial charge in [-0.3, -0.25) is 9.69 Å². The Morgan fingerprint density at radius 3 is 2.68 bits per heavy atom. The Balaban J connectivity index is 1.79. The quantitative estimate of drug-likeness (QED) is 0.840. The highest BCUT2D eigenvalue weighted by Gasteiger charge is 2.52. The summed E-state index contributed by atoms with van der Waals surface area (Å²) in [6, 6.07) is 7.66. The van der Waals surface area contributed by atoms with Crippen molar-refractivity contribution in [3.8, 4) is 0 Å². The molecular formula is C14H16N2O2S. The second-order valence-corrected chi connectivity index (χ2v) is 6.30. The first-order valence-corrected chi connectivity index (χ1v) is 7.54. The third kappa shape index (κ3) is 2.12. The Morgan fingerprint density at radius 2 is 2.05 bits per heavy atom. The number of urea groups is 1. The van der Waals surface area contributed by atoms with Crippen LogP contribution in [0.25, 0.3) is 0 Å². The molecular weight excluding hydrogens is 260 g/mol. The van der Waals surface area contributed by atoms with E-state index in [0.29, 0.717) is 12.3 Å². The lowest BCUT2D eigenvalue weighted by molar-refractivity contribution is -0.130. The van der Waals surface area contributed by atoms with Crippen molar-refractivity contribution in [3.63, 3.8) is 0 Å². The Labute approximate surface area is 116 Å². The van der Waals surface area contributed by atoms with Gasteiger partial charge in [0.25, 0.3) is 5.91 Å². The van der Waals surface area contributed by atoms with Crippen LogP contribution in [0.15, 0.2) is 24.3 Å². The van der Waals surface area contributed by atoms with Gasteiger partial charge in [0, 0.05) is 5.75 Å². The summed E-state index contributed by atoms with van der Waals surface area (Å²) in [6.45, 7) is 2.37. The highest BCUT2D eigenvalue weighted by Crippen LogP contribution is 2.33. The Bertz CT molecular complexity index is 521. The summed E-state index contributed by atoms with van der Waals surface area (Å²) in [5.74, 6) is 1.56. The van der Waals surface area contributed by atoms with Crippen molar-refractivity contribution < 1.29 is 9.59 Å². The van der Waals surface area contributed by atoms with E-state index in [2.05, 4.69) is 5.32 Å². The Morgan fingerprint density at radius 1 is 1.32 bits per heavy atom. The standard InChI is InChI=1S/C14H16N2O2S/c1-10-2-4-11(5-3-10)8-16-12(17)14(15-13(16)18)6-7-19-9-14/h2-5H,6-9H2,1H3,(H,15,18). The van der Waals surface area contributed by atoms with E-state index < -0.39 is 5.54 Å². The van der Waals surface area contributed by atoms with E-state index in [-0.39, 0.29) is 11.9 Å². The number of nitrogens with one attached hydrogen (secondary N) is 1. The average molecular weight is 276 g/mol. The normalized spacial score (nSPS) is 26.3. The van der Waals surface area contributed by atoms with Crippen molar-refractivity contribution >= 4 is 23.7 Å². The lowest BCUT2D eigenvalue weighted by Crippen LogP contribution is -2.46. The first-order valence-electron chi connectivity index (χ1n) is 6.38. The monoisotopic (exact) mass is 276 g/mol. The van der Waals surface area contributed by atoms with Gasteiger partial charge in [-0.15, -0.1) is 0 Å². The van der Waals surface area contributed by atoms with E-state index in [9.17, 15) is 9.59 Å². The van der Waals surface area contributed by atoms with Gasteiger partial charge < -0.3 is 5.32 Å². The number of carbonyl (C=O) groups excluding carboxylic acids is 2. The molecule has 0 aliphatic carbocycles. The topological polar surface area (TPSA) is 49.4 Å². The molecule has 0 aromatic heterocycles. The predicted octanol–water partition coefficient (Wildman–Crippen LogP) is 1.92. The van der Waals surface area contributed by atoms with E-state index in [1.165, 1.54) is 10.5 Å². The summed E-state index contributed by atoms with van der Waals surface area (Å²) in [5.41, 5.74) is 1.52. The lowest BCUT2D eigenvalue weighted by Gasteiger charge is -2.19. The van der Waals surface area contributed by atoms with Crippen LogP contribution >= 0.6 is 11.8 Å². The number of aryl methyl sites for hydroxylation is 1. The fraction of sp³-hybridized carbons (Fsp3) is 0.429. The molecule has 2 aliphatic rings. The van der Waals surface area contributed by atoms with Crippen LogP contribution in [-0.4, -0.2) is 33.9 Å². The van der Waals surface area contributed by atoms with Crippen LogP contribution in [0.1, 0.15) is 17.5 Å². The maximum atomic E-state index is 12.4. The fourth-order valence-electron chi connectivity index (χ4n) is 2.53. The van der Waals surface area contributed by atoms with Gasteiger partial charge in [-0.1, -0.05) is 29.8 Å². The molecule has 2 saturated heterocycles. The van der Waals surface area contributed by atoms with Crippen LogP contribution < -0.4 is 5.32 Å². The van der Waals surface area contributed by atoms with E-state index in [1.807, 2.05) is 31.2 Å². The van der Waals surface area contributed by atoms with Crippen LogP contribution in [0.2, 0.25) is 0 Å². The number of amides is 3. The van der Waals surface area contributed by atoms with Gasteiger partial charge >= 0.3 is 6.03 Å². The molecule has 0 bridgehead atoms. The molecule has 100 valence electrons. The average Bonchev–Trinajstić information content (AvgIpc) is 2.94. The van der Waals surface area contributed by atoms with E-state index in [1.54, 1.807) is 11.8 Å². The van der Waals surface area contributed by atoms with Gasteiger partial charge in [0.1, 0.15) is 5.54 Å². The largest absolute Gasteiger partial charge is 0.325 e. The van der Waals surface area contributed by atoms with Crippen molar-refractivity contribution in [2.45, 2.75) is 25.4 Å². The summed E-state index contributed by atoms with van der Waals surface area (Å²) in [7, 11) is 0. The second-order valence-electron chi connectivity index (χ2n) is 5.19. The van der Waals surface area contributed by atoms with Gasteiger partial charge in [-0.05, 0) is 24.7 Å². The Hall–Kier alpha value is -1.49. The van der Waals surface area contributed by atoms with E-state index in [4.69, 9.17) is 0 Å². The third-order valence-corrected chi connectivity index (χ3v) is 4.92. The summed E-state index contributed by atoms with van der Waals surface area (Å²) >= 11 is 1.72. The maximum Gasteiger partial charge on any atom is 0.325 e. The third-order valence-electron chi connectivity index (χ3n) is 3.73. The van der Waals surface area contributed by atoms with Gasteiger partial charge in [-0.2, -0.15) is 11.8 Å². The van der Waals surface area contributed by atoms with Crippen molar-refractivity contribution in [3.05, 3.63) is 35.4 Å². The zero-order valence-corrected chi connectivity index (χ0v) is 11.6. The van der Waals surface area contributed by atoms with E-state index in [0.717, 1.165) is 17.7 Å². The molecule has 2 aliphatic heterocycles. The minimum atomic E-state index is -0.632. The van der Waals surface area contributed by atoms with Crippen LogP contribution in [0.4, 0.5) is 4.79 Å². The molecule has 0 radical (unpaired) electrons. The molecule has 5 heteroatoms. The molecule has 2 fully saturated rings.